The molecule has 1 saturated heterocycles. The second-order valence-corrected chi connectivity index (χ2v) is 8.21. The minimum Gasteiger partial charge on any atom is -0.352 e. The maximum Gasteiger partial charge on any atom is 0.272 e. The monoisotopic (exact) mass is 402 g/mol. The minimum atomic E-state index is 0.0306. The second kappa shape index (κ2) is 7.55. The first-order chi connectivity index (χ1) is 14.6. The molecule has 0 spiro atoms. The molecule has 0 bridgehead atoms. The number of nitrogens with zero attached hydrogens (tertiary/aromatic N) is 6. The third-order valence-corrected chi connectivity index (χ3v) is 6.14. The smallest absolute Gasteiger partial charge is 0.272 e. The Hall–Kier alpha value is -3.22. The molecule has 5 rings (SSSR count). The van der Waals surface area contributed by atoms with Crippen LogP contribution < -0.4 is 4.90 Å². The Bertz CT molecular complexity index is 1080. The summed E-state index contributed by atoms with van der Waals surface area (Å²) in [6.45, 7) is 4.93. The van der Waals surface area contributed by atoms with E-state index in [-0.39, 0.29) is 5.91 Å². The average molecular weight is 403 g/mol. The first-order valence-electron chi connectivity index (χ1n) is 10.6. The van der Waals surface area contributed by atoms with E-state index in [9.17, 15) is 4.79 Å². The van der Waals surface area contributed by atoms with Crippen LogP contribution in [0.1, 0.15) is 33.7 Å². The van der Waals surface area contributed by atoms with Gasteiger partial charge in [0.25, 0.3) is 5.91 Å². The van der Waals surface area contributed by atoms with E-state index in [1.54, 1.807) is 4.68 Å². The molecule has 0 unspecified atom stereocenters. The van der Waals surface area contributed by atoms with Crippen LogP contribution >= 0.6 is 0 Å². The number of fused-ring (bicyclic) bond motifs is 1. The summed E-state index contributed by atoms with van der Waals surface area (Å²) in [4.78, 5) is 17.3. The maximum atomic E-state index is 13.1. The van der Waals surface area contributed by atoms with E-state index >= 15 is 0 Å². The molecular formula is C23H26N6O. The van der Waals surface area contributed by atoms with Crippen LogP contribution in [0.15, 0.2) is 36.4 Å². The largest absolute Gasteiger partial charge is 0.352 e. The maximum absolute atomic E-state index is 13.1. The summed E-state index contributed by atoms with van der Waals surface area (Å²) >= 11 is 0. The Morgan fingerprint density at radius 3 is 2.50 bits per heavy atom. The van der Waals surface area contributed by atoms with E-state index in [4.69, 9.17) is 0 Å². The molecule has 3 heterocycles. The van der Waals surface area contributed by atoms with Crippen molar-refractivity contribution in [3.8, 4) is 11.3 Å². The molecule has 1 fully saturated rings. The van der Waals surface area contributed by atoms with Crippen molar-refractivity contribution in [2.45, 2.75) is 26.2 Å². The third-order valence-electron chi connectivity index (χ3n) is 6.14. The highest BCUT2D eigenvalue weighted by Gasteiger charge is 2.26. The molecule has 0 saturated carbocycles. The third kappa shape index (κ3) is 3.44. The van der Waals surface area contributed by atoms with Crippen LogP contribution in [0.5, 0.6) is 0 Å². The lowest BCUT2D eigenvalue weighted by molar-refractivity contribution is 0.0735. The van der Waals surface area contributed by atoms with E-state index in [1.165, 1.54) is 17.5 Å². The van der Waals surface area contributed by atoms with Crippen LogP contribution in [0.4, 0.5) is 5.82 Å². The number of anilines is 1. The van der Waals surface area contributed by atoms with Crippen LogP contribution in [0, 0.1) is 6.92 Å². The van der Waals surface area contributed by atoms with Gasteiger partial charge in [0.15, 0.2) is 5.82 Å². The molecule has 1 aliphatic heterocycles. The number of aryl methyl sites for hydroxylation is 4. The van der Waals surface area contributed by atoms with Crippen LogP contribution in [-0.4, -0.2) is 57.0 Å². The van der Waals surface area contributed by atoms with E-state index in [0.717, 1.165) is 48.7 Å². The molecular weight excluding hydrogens is 376 g/mol. The number of benzene rings is 1. The molecule has 3 aromatic rings. The first kappa shape index (κ1) is 18.8. The number of carbonyl (C=O) groups is 1. The summed E-state index contributed by atoms with van der Waals surface area (Å²) in [6, 6.07) is 12.3. The summed E-state index contributed by atoms with van der Waals surface area (Å²) < 4.78 is 1.69. The van der Waals surface area contributed by atoms with Gasteiger partial charge < -0.3 is 9.80 Å². The van der Waals surface area contributed by atoms with Crippen LogP contribution in [0.3, 0.4) is 0 Å². The van der Waals surface area contributed by atoms with Gasteiger partial charge >= 0.3 is 0 Å². The normalized spacial score (nSPS) is 16.1. The fraction of sp³-hybridized carbons (Fsp3) is 0.391. The molecule has 0 radical (unpaired) electrons. The summed E-state index contributed by atoms with van der Waals surface area (Å²) in [5, 5.41) is 13.4. The quantitative estimate of drug-likeness (QED) is 0.674. The van der Waals surface area contributed by atoms with Gasteiger partial charge in [-0.05, 0) is 43.9 Å². The molecule has 1 aliphatic carbocycles. The highest BCUT2D eigenvalue weighted by atomic mass is 16.2. The molecule has 7 heteroatoms. The Morgan fingerprint density at radius 1 is 0.967 bits per heavy atom. The topological polar surface area (TPSA) is 67.2 Å². The summed E-state index contributed by atoms with van der Waals surface area (Å²) in [5.74, 6) is 0.966. The fourth-order valence-electron chi connectivity index (χ4n) is 4.31. The molecule has 2 aromatic heterocycles. The van der Waals surface area contributed by atoms with Crippen LogP contribution in [0.2, 0.25) is 0 Å². The van der Waals surface area contributed by atoms with Crippen LogP contribution in [-0.2, 0) is 19.9 Å². The Balaban J connectivity index is 1.27. The van der Waals surface area contributed by atoms with Crippen LogP contribution in [0.25, 0.3) is 11.3 Å². The number of carbonyl (C=O) groups excluding carboxylic acids is 1. The molecule has 7 nitrogen and oxygen atoms in total. The van der Waals surface area contributed by atoms with Gasteiger partial charge in [-0.25, -0.2) is 0 Å². The van der Waals surface area contributed by atoms with E-state index in [2.05, 4.69) is 45.3 Å². The zero-order valence-corrected chi connectivity index (χ0v) is 17.5. The van der Waals surface area contributed by atoms with Gasteiger partial charge in [-0.15, -0.1) is 5.10 Å². The van der Waals surface area contributed by atoms with Gasteiger partial charge in [-0.3, -0.25) is 9.48 Å². The van der Waals surface area contributed by atoms with Crippen molar-refractivity contribution < 1.29 is 4.79 Å². The van der Waals surface area contributed by atoms with Crippen molar-refractivity contribution in [1.29, 1.82) is 0 Å². The average Bonchev–Trinajstić information content (AvgIpc) is 3.40. The van der Waals surface area contributed by atoms with Gasteiger partial charge in [0.1, 0.15) is 5.69 Å². The van der Waals surface area contributed by atoms with E-state index in [1.807, 2.05) is 30.1 Å². The zero-order chi connectivity index (χ0) is 20.7. The summed E-state index contributed by atoms with van der Waals surface area (Å²) in [7, 11) is 1.83. The van der Waals surface area contributed by atoms with Crippen molar-refractivity contribution >= 4 is 11.7 Å². The van der Waals surface area contributed by atoms with Crippen molar-refractivity contribution in [1.82, 2.24) is 24.9 Å². The molecule has 1 amide bonds. The zero-order valence-electron chi connectivity index (χ0n) is 17.5. The minimum absolute atomic E-state index is 0.0306. The SMILES string of the molecule is Cc1ccc(-c2cc(C(=O)N3CCN(c4cc5c(nn4)CCC5)CC3)n(C)n2)cc1. The molecule has 2 aliphatic rings. The lowest BCUT2D eigenvalue weighted by Crippen LogP contribution is -2.49. The molecule has 154 valence electrons. The first-order valence-corrected chi connectivity index (χ1v) is 10.6. The fourth-order valence-corrected chi connectivity index (χ4v) is 4.31. The number of piperazine rings is 1. The van der Waals surface area contributed by atoms with Crippen molar-refractivity contribution in [3.05, 3.63) is 58.9 Å². The molecule has 30 heavy (non-hydrogen) atoms. The van der Waals surface area contributed by atoms with Crippen molar-refractivity contribution in [2.75, 3.05) is 31.1 Å². The number of aromatic nitrogens is 4. The van der Waals surface area contributed by atoms with Gasteiger partial charge in [0.2, 0.25) is 0 Å². The van der Waals surface area contributed by atoms with Crippen molar-refractivity contribution in [2.24, 2.45) is 7.05 Å². The van der Waals surface area contributed by atoms with E-state index < -0.39 is 0 Å². The second-order valence-electron chi connectivity index (χ2n) is 8.21. The Labute approximate surface area is 176 Å². The summed E-state index contributed by atoms with van der Waals surface area (Å²) in [5.41, 5.74) is 6.15. The predicted molar refractivity (Wildman–Crippen MR) is 116 cm³/mol. The lowest BCUT2D eigenvalue weighted by atomic mass is 10.1. The summed E-state index contributed by atoms with van der Waals surface area (Å²) in [6.07, 6.45) is 3.31. The number of amides is 1. The Morgan fingerprint density at radius 2 is 1.73 bits per heavy atom. The highest BCUT2D eigenvalue weighted by molar-refractivity contribution is 5.94. The van der Waals surface area contributed by atoms with Gasteiger partial charge in [0, 0.05) is 38.8 Å². The Kier molecular flexibility index (Phi) is 4.73. The standard InChI is InChI=1S/C23H26N6O/c1-16-6-8-17(9-7-16)20-15-21(27(2)26-20)23(30)29-12-10-28(11-13-29)22-14-18-4-3-5-19(18)24-25-22/h6-9,14-15H,3-5,10-13H2,1-2H3. The van der Waals surface area contributed by atoms with Gasteiger partial charge in [-0.1, -0.05) is 29.8 Å². The number of hydrogen-bond donors (Lipinski definition) is 0. The highest BCUT2D eigenvalue weighted by Crippen LogP contribution is 2.24. The van der Waals surface area contributed by atoms with Crippen molar-refractivity contribution in [3.63, 3.8) is 0 Å². The molecule has 0 atom stereocenters. The van der Waals surface area contributed by atoms with Gasteiger partial charge in [0.05, 0.1) is 11.4 Å². The number of rotatable bonds is 3. The number of hydrogen-bond acceptors (Lipinski definition) is 5. The predicted octanol–water partition coefficient (Wildman–Crippen LogP) is 2.64. The lowest BCUT2D eigenvalue weighted by Gasteiger charge is -2.35. The molecule has 0 N–H and O–H groups in total. The molecule has 1 aromatic carbocycles. The van der Waals surface area contributed by atoms with E-state index in [0.29, 0.717) is 18.8 Å². The van der Waals surface area contributed by atoms with Gasteiger partial charge in [-0.2, -0.15) is 10.2 Å².